The van der Waals surface area contributed by atoms with E-state index in [1.165, 1.54) is 25.0 Å². The van der Waals surface area contributed by atoms with Gasteiger partial charge in [0, 0.05) is 30.9 Å². The predicted octanol–water partition coefficient (Wildman–Crippen LogP) is 3.43. The summed E-state index contributed by atoms with van der Waals surface area (Å²) in [4.78, 5) is 2.18. The van der Waals surface area contributed by atoms with Gasteiger partial charge in [-0.3, -0.25) is 0 Å². The molecule has 0 radical (unpaired) electrons. The zero-order valence-corrected chi connectivity index (χ0v) is 11.3. The highest BCUT2D eigenvalue weighted by atomic mass is 19.4. The minimum Gasteiger partial charge on any atom is -0.370 e. The third-order valence-corrected chi connectivity index (χ3v) is 4.03. The second-order valence-corrected chi connectivity index (χ2v) is 5.77. The van der Waals surface area contributed by atoms with Gasteiger partial charge in [-0.05, 0) is 49.9 Å². The van der Waals surface area contributed by atoms with Crippen LogP contribution in [0.1, 0.15) is 31.2 Å². The number of hydrogen-bond donors (Lipinski definition) is 1. The largest absolute Gasteiger partial charge is 0.416 e. The quantitative estimate of drug-likeness (QED) is 0.915. The molecule has 1 N–H and O–H groups in total. The van der Waals surface area contributed by atoms with Crippen LogP contribution >= 0.6 is 0 Å². The molecule has 1 heterocycles. The van der Waals surface area contributed by atoms with Crippen molar-refractivity contribution in [3.8, 4) is 0 Å². The molecular weight excluding hydrogens is 265 g/mol. The van der Waals surface area contributed by atoms with Crippen LogP contribution in [0.15, 0.2) is 24.3 Å². The molecule has 0 spiro atoms. The molecule has 1 saturated heterocycles. The van der Waals surface area contributed by atoms with Crippen LogP contribution in [-0.4, -0.2) is 25.2 Å². The molecule has 3 rings (SSSR count). The van der Waals surface area contributed by atoms with Crippen molar-refractivity contribution in [3.63, 3.8) is 0 Å². The molecule has 1 aliphatic heterocycles. The molecule has 5 heteroatoms. The fourth-order valence-electron chi connectivity index (χ4n) is 2.79. The highest BCUT2D eigenvalue weighted by Gasteiger charge is 2.31. The molecule has 2 fully saturated rings. The Morgan fingerprint density at radius 3 is 2.30 bits per heavy atom. The van der Waals surface area contributed by atoms with Crippen molar-refractivity contribution in [3.05, 3.63) is 29.8 Å². The van der Waals surface area contributed by atoms with Gasteiger partial charge in [-0.15, -0.1) is 0 Å². The first-order valence-electron chi connectivity index (χ1n) is 7.20. The Bertz CT molecular complexity index is 451. The van der Waals surface area contributed by atoms with Gasteiger partial charge < -0.3 is 10.2 Å². The summed E-state index contributed by atoms with van der Waals surface area (Å²) in [5.74, 6) is 0. The van der Waals surface area contributed by atoms with Crippen molar-refractivity contribution in [1.82, 2.24) is 5.32 Å². The Kier molecular flexibility index (Phi) is 3.63. The van der Waals surface area contributed by atoms with E-state index in [0.29, 0.717) is 12.1 Å². The summed E-state index contributed by atoms with van der Waals surface area (Å²) >= 11 is 0. The number of piperidine rings is 1. The van der Waals surface area contributed by atoms with E-state index in [1.807, 2.05) is 0 Å². The van der Waals surface area contributed by atoms with E-state index in [4.69, 9.17) is 0 Å². The van der Waals surface area contributed by atoms with Gasteiger partial charge in [0.1, 0.15) is 0 Å². The summed E-state index contributed by atoms with van der Waals surface area (Å²) in [6, 6.07) is 6.66. The molecule has 1 saturated carbocycles. The maximum absolute atomic E-state index is 12.6. The van der Waals surface area contributed by atoms with Gasteiger partial charge in [0.25, 0.3) is 0 Å². The topological polar surface area (TPSA) is 15.3 Å². The Morgan fingerprint density at radius 2 is 1.70 bits per heavy atom. The van der Waals surface area contributed by atoms with Gasteiger partial charge in [-0.2, -0.15) is 13.2 Å². The first-order valence-corrected chi connectivity index (χ1v) is 7.20. The summed E-state index contributed by atoms with van der Waals surface area (Å²) in [5, 5.41) is 3.61. The van der Waals surface area contributed by atoms with E-state index in [0.717, 1.165) is 31.6 Å². The summed E-state index contributed by atoms with van der Waals surface area (Å²) in [5.41, 5.74) is 0.311. The molecule has 110 valence electrons. The smallest absolute Gasteiger partial charge is 0.370 e. The highest BCUT2D eigenvalue weighted by molar-refractivity contribution is 5.48. The minimum absolute atomic E-state index is 0.471. The lowest BCUT2D eigenvalue weighted by atomic mass is 10.0. The standard InChI is InChI=1S/C15H19F3N2/c16-15(17,18)11-3-7-14(8-4-11)20-9-1-2-13(10-20)19-12-5-6-12/h3-4,7-8,12-13,19H,1-2,5-6,9-10H2. The first-order chi connectivity index (χ1) is 9.52. The number of hydrogen-bond acceptors (Lipinski definition) is 2. The zero-order valence-electron chi connectivity index (χ0n) is 11.3. The maximum Gasteiger partial charge on any atom is 0.416 e. The van der Waals surface area contributed by atoms with Crippen LogP contribution in [0, 0.1) is 0 Å². The predicted molar refractivity (Wildman–Crippen MR) is 72.8 cm³/mol. The Balaban J connectivity index is 1.65. The summed E-state index contributed by atoms with van der Waals surface area (Å²) in [6.07, 6.45) is 0.517. The molecule has 2 nitrogen and oxygen atoms in total. The molecule has 2 aliphatic rings. The lowest BCUT2D eigenvalue weighted by molar-refractivity contribution is -0.137. The van der Waals surface area contributed by atoms with Gasteiger partial charge in [-0.25, -0.2) is 0 Å². The van der Waals surface area contributed by atoms with Gasteiger partial charge in [0.05, 0.1) is 5.56 Å². The molecule has 0 bridgehead atoms. The van der Waals surface area contributed by atoms with Crippen molar-refractivity contribution < 1.29 is 13.2 Å². The van der Waals surface area contributed by atoms with E-state index < -0.39 is 11.7 Å². The lowest BCUT2D eigenvalue weighted by Crippen LogP contribution is -2.46. The number of nitrogens with zero attached hydrogens (tertiary/aromatic N) is 1. The number of rotatable bonds is 3. The highest BCUT2D eigenvalue weighted by Crippen LogP contribution is 2.31. The van der Waals surface area contributed by atoms with E-state index in [9.17, 15) is 13.2 Å². The SMILES string of the molecule is FC(F)(F)c1ccc(N2CCCC(NC3CC3)C2)cc1. The monoisotopic (exact) mass is 284 g/mol. The van der Waals surface area contributed by atoms with E-state index >= 15 is 0 Å². The summed E-state index contributed by atoms with van der Waals surface area (Å²) < 4.78 is 37.7. The van der Waals surface area contributed by atoms with E-state index in [2.05, 4.69) is 10.2 Å². The van der Waals surface area contributed by atoms with Crippen molar-refractivity contribution in [1.29, 1.82) is 0 Å². The number of nitrogens with one attached hydrogen (secondary N) is 1. The number of alkyl halides is 3. The molecule has 0 amide bonds. The van der Waals surface area contributed by atoms with Crippen LogP contribution in [0.3, 0.4) is 0 Å². The van der Waals surface area contributed by atoms with E-state index in [1.54, 1.807) is 12.1 Å². The van der Waals surface area contributed by atoms with E-state index in [-0.39, 0.29) is 0 Å². The van der Waals surface area contributed by atoms with Crippen LogP contribution < -0.4 is 10.2 Å². The van der Waals surface area contributed by atoms with Gasteiger partial charge in [-0.1, -0.05) is 0 Å². The Hall–Kier alpha value is -1.23. The Morgan fingerprint density at radius 1 is 1.00 bits per heavy atom. The first kappa shape index (κ1) is 13.7. The minimum atomic E-state index is -4.25. The number of anilines is 1. The normalized spacial score (nSPS) is 23.9. The molecule has 1 aliphatic carbocycles. The van der Waals surface area contributed by atoms with Gasteiger partial charge in [0.15, 0.2) is 0 Å². The number of benzene rings is 1. The fraction of sp³-hybridized carbons (Fsp3) is 0.600. The molecule has 1 unspecified atom stereocenters. The Labute approximate surface area is 117 Å². The molecule has 1 atom stereocenters. The molecule has 1 aromatic rings. The van der Waals surface area contributed by atoms with Gasteiger partial charge in [0.2, 0.25) is 0 Å². The van der Waals surface area contributed by atoms with Crippen molar-refractivity contribution in [2.24, 2.45) is 0 Å². The van der Waals surface area contributed by atoms with Crippen LogP contribution in [0.4, 0.5) is 18.9 Å². The third-order valence-electron chi connectivity index (χ3n) is 4.03. The third kappa shape index (κ3) is 3.26. The average Bonchev–Trinajstić information content (AvgIpc) is 3.22. The molecule has 1 aromatic carbocycles. The lowest BCUT2D eigenvalue weighted by Gasteiger charge is -2.35. The van der Waals surface area contributed by atoms with Crippen molar-refractivity contribution in [2.75, 3.05) is 18.0 Å². The molecule has 20 heavy (non-hydrogen) atoms. The average molecular weight is 284 g/mol. The van der Waals surface area contributed by atoms with Crippen LogP contribution in [0.5, 0.6) is 0 Å². The maximum atomic E-state index is 12.6. The zero-order chi connectivity index (χ0) is 14.2. The van der Waals surface area contributed by atoms with Crippen LogP contribution in [0.25, 0.3) is 0 Å². The fourth-order valence-corrected chi connectivity index (χ4v) is 2.79. The molecular formula is C15H19F3N2. The summed E-state index contributed by atoms with van der Waals surface area (Å²) in [6.45, 7) is 1.82. The second kappa shape index (κ2) is 5.28. The van der Waals surface area contributed by atoms with Crippen LogP contribution in [0.2, 0.25) is 0 Å². The van der Waals surface area contributed by atoms with Gasteiger partial charge >= 0.3 is 6.18 Å². The second-order valence-electron chi connectivity index (χ2n) is 5.77. The van der Waals surface area contributed by atoms with Crippen molar-refractivity contribution in [2.45, 2.75) is 43.9 Å². The van der Waals surface area contributed by atoms with Crippen LogP contribution in [-0.2, 0) is 6.18 Å². The summed E-state index contributed by atoms with van der Waals surface area (Å²) in [7, 11) is 0. The van der Waals surface area contributed by atoms with Crippen molar-refractivity contribution >= 4 is 5.69 Å². The molecule has 0 aromatic heterocycles. The number of halogens is 3.